The van der Waals surface area contributed by atoms with Crippen molar-refractivity contribution in [2.75, 3.05) is 57.3 Å². The number of imidazole rings is 1. The lowest BCUT2D eigenvalue weighted by Crippen LogP contribution is -2.47. The SMILES string of the molecule is Clc1cccc(N2CCN(CCCN3CCCC(Cn4ccnc4)C3)CC2)c1. The van der Waals surface area contributed by atoms with Gasteiger partial charge in [-0.2, -0.15) is 0 Å². The van der Waals surface area contributed by atoms with Gasteiger partial charge in [0, 0.05) is 62.4 Å². The van der Waals surface area contributed by atoms with Crippen molar-refractivity contribution < 1.29 is 0 Å². The fourth-order valence-corrected chi connectivity index (χ4v) is 4.80. The van der Waals surface area contributed by atoms with Crippen molar-refractivity contribution in [3.8, 4) is 0 Å². The van der Waals surface area contributed by atoms with Crippen molar-refractivity contribution in [1.29, 1.82) is 0 Å². The van der Waals surface area contributed by atoms with Crippen molar-refractivity contribution in [2.45, 2.75) is 25.8 Å². The largest absolute Gasteiger partial charge is 0.369 e. The number of anilines is 1. The summed E-state index contributed by atoms with van der Waals surface area (Å²) in [5, 5.41) is 0.827. The number of piperidine rings is 1. The highest BCUT2D eigenvalue weighted by atomic mass is 35.5. The smallest absolute Gasteiger partial charge is 0.0946 e. The molecule has 2 saturated heterocycles. The predicted molar refractivity (Wildman–Crippen MR) is 116 cm³/mol. The topological polar surface area (TPSA) is 27.5 Å². The first-order valence-electron chi connectivity index (χ1n) is 10.7. The molecule has 28 heavy (non-hydrogen) atoms. The van der Waals surface area contributed by atoms with Crippen LogP contribution in [0.25, 0.3) is 0 Å². The number of halogens is 1. The number of piperazine rings is 1. The monoisotopic (exact) mass is 401 g/mol. The van der Waals surface area contributed by atoms with E-state index in [9.17, 15) is 0 Å². The van der Waals surface area contributed by atoms with E-state index in [2.05, 4.69) is 42.6 Å². The number of hydrogen-bond acceptors (Lipinski definition) is 4. The Morgan fingerprint density at radius 3 is 2.68 bits per heavy atom. The number of benzene rings is 1. The Labute approximate surface area is 173 Å². The highest BCUT2D eigenvalue weighted by Gasteiger charge is 2.21. The first kappa shape index (κ1) is 19.7. The molecule has 0 aliphatic carbocycles. The van der Waals surface area contributed by atoms with E-state index in [1.54, 1.807) is 0 Å². The van der Waals surface area contributed by atoms with Crippen molar-refractivity contribution in [2.24, 2.45) is 5.92 Å². The Kier molecular flexibility index (Phi) is 6.89. The maximum absolute atomic E-state index is 6.14. The molecule has 1 aromatic heterocycles. The van der Waals surface area contributed by atoms with Gasteiger partial charge < -0.3 is 14.4 Å². The van der Waals surface area contributed by atoms with E-state index in [-0.39, 0.29) is 0 Å². The second-order valence-electron chi connectivity index (χ2n) is 8.23. The van der Waals surface area contributed by atoms with Gasteiger partial charge in [-0.25, -0.2) is 4.98 Å². The average molecular weight is 402 g/mol. The van der Waals surface area contributed by atoms with Crippen LogP contribution in [0.4, 0.5) is 5.69 Å². The summed E-state index contributed by atoms with van der Waals surface area (Å²) >= 11 is 6.14. The van der Waals surface area contributed by atoms with Gasteiger partial charge >= 0.3 is 0 Å². The number of aromatic nitrogens is 2. The maximum atomic E-state index is 6.14. The summed E-state index contributed by atoms with van der Waals surface area (Å²) in [4.78, 5) is 11.9. The number of nitrogens with zero attached hydrogens (tertiary/aromatic N) is 5. The van der Waals surface area contributed by atoms with Crippen LogP contribution in [0.2, 0.25) is 5.02 Å². The minimum absolute atomic E-state index is 0.768. The van der Waals surface area contributed by atoms with Crippen LogP contribution in [0.1, 0.15) is 19.3 Å². The average Bonchev–Trinajstić information content (AvgIpc) is 3.22. The van der Waals surface area contributed by atoms with Crippen LogP contribution in [0.15, 0.2) is 43.0 Å². The Hall–Kier alpha value is -1.56. The maximum Gasteiger partial charge on any atom is 0.0946 e. The molecular formula is C22H32ClN5. The first-order chi connectivity index (χ1) is 13.8. The molecule has 5 nitrogen and oxygen atoms in total. The molecular weight excluding hydrogens is 370 g/mol. The van der Waals surface area contributed by atoms with Crippen LogP contribution in [0, 0.1) is 5.92 Å². The third kappa shape index (κ3) is 5.49. The molecule has 0 saturated carbocycles. The fourth-order valence-electron chi connectivity index (χ4n) is 4.62. The lowest BCUT2D eigenvalue weighted by Gasteiger charge is -2.37. The van der Waals surface area contributed by atoms with Gasteiger partial charge in [0.1, 0.15) is 0 Å². The molecule has 0 radical (unpaired) electrons. The molecule has 6 heteroatoms. The zero-order valence-corrected chi connectivity index (χ0v) is 17.5. The molecule has 2 aliphatic heterocycles. The highest BCUT2D eigenvalue weighted by Crippen LogP contribution is 2.21. The van der Waals surface area contributed by atoms with Crippen molar-refractivity contribution >= 4 is 17.3 Å². The summed E-state index contributed by atoms with van der Waals surface area (Å²) in [6, 6.07) is 8.23. The van der Waals surface area contributed by atoms with E-state index in [1.165, 1.54) is 51.1 Å². The van der Waals surface area contributed by atoms with E-state index < -0.39 is 0 Å². The van der Waals surface area contributed by atoms with Gasteiger partial charge in [-0.05, 0) is 63.0 Å². The van der Waals surface area contributed by atoms with Gasteiger partial charge in [0.05, 0.1) is 6.33 Å². The Balaban J connectivity index is 1.15. The van der Waals surface area contributed by atoms with Crippen LogP contribution in [0.3, 0.4) is 0 Å². The van der Waals surface area contributed by atoms with Gasteiger partial charge in [0.25, 0.3) is 0 Å². The molecule has 1 aromatic carbocycles. The molecule has 4 rings (SSSR count). The van der Waals surface area contributed by atoms with Crippen molar-refractivity contribution in [1.82, 2.24) is 19.4 Å². The highest BCUT2D eigenvalue weighted by molar-refractivity contribution is 6.30. The molecule has 0 spiro atoms. The summed E-state index contributed by atoms with van der Waals surface area (Å²) in [6.07, 6.45) is 9.86. The van der Waals surface area contributed by atoms with E-state index >= 15 is 0 Å². The molecule has 152 valence electrons. The van der Waals surface area contributed by atoms with Gasteiger partial charge in [-0.15, -0.1) is 0 Å². The minimum atomic E-state index is 0.768. The third-order valence-corrected chi connectivity index (χ3v) is 6.36. The van der Waals surface area contributed by atoms with Gasteiger partial charge in [-0.1, -0.05) is 17.7 Å². The van der Waals surface area contributed by atoms with Crippen LogP contribution in [-0.2, 0) is 6.54 Å². The lowest BCUT2D eigenvalue weighted by atomic mass is 9.98. The fraction of sp³-hybridized carbons (Fsp3) is 0.591. The summed E-state index contributed by atoms with van der Waals surface area (Å²) in [5.41, 5.74) is 1.25. The van der Waals surface area contributed by atoms with Gasteiger partial charge in [0.15, 0.2) is 0 Å². The van der Waals surface area contributed by atoms with Crippen molar-refractivity contribution in [3.05, 3.63) is 48.0 Å². The second-order valence-corrected chi connectivity index (χ2v) is 8.67. The van der Waals surface area contributed by atoms with Crippen LogP contribution in [-0.4, -0.2) is 71.7 Å². The third-order valence-electron chi connectivity index (χ3n) is 6.13. The zero-order chi connectivity index (χ0) is 19.2. The summed E-state index contributed by atoms with van der Waals surface area (Å²) in [7, 11) is 0. The summed E-state index contributed by atoms with van der Waals surface area (Å²) < 4.78 is 2.23. The van der Waals surface area contributed by atoms with E-state index in [0.717, 1.165) is 43.7 Å². The van der Waals surface area contributed by atoms with Crippen LogP contribution < -0.4 is 4.90 Å². The Morgan fingerprint density at radius 1 is 1.04 bits per heavy atom. The lowest BCUT2D eigenvalue weighted by molar-refractivity contribution is 0.151. The van der Waals surface area contributed by atoms with Gasteiger partial charge in [0.2, 0.25) is 0 Å². The molecule has 1 unspecified atom stereocenters. The molecule has 0 amide bonds. The van der Waals surface area contributed by atoms with E-state index in [0.29, 0.717) is 0 Å². The summed E-state index contributed by atoms with van der Waals surface area (Å²) in [5.74, 6) is 0.768. The Morgan fingerprint density at radius 2 is 1.89 bits per heavy atom. The molecule has 3 heterocycles. The minimum Gasteiger partial charge on any atom is -0.369 e. The van der Waals surface area contributed by atoms with E-state index in [1.807, 2.05) is 24.7 Å². The molecule has 2 aromatic rings. The quantitative estimate of drug-likeness (QED) is 0.710. The standard InChI is InChI=1S/C22H32ClN5/c23-21-5-1-6-22(16-21)28-14-12-25(13-15-28)9-3-10-26-8-2-4-20(17-26)18-27-11-7-24-19-27/h1,5-7,11,16,19-20H,2-4,8-10,12-15,17-18H2. The van der Waals surface area contributed by atoms with Crippen LogP contribution in [0.5, 0.6) is 0 Å². The summed E-state index contributed by atoms with van der Waals surface area (Å²) in [6.45, 7) is 10.5. The number of hydrogen-bond donors (Lipinski definition) is 0. The predicted octanol–water partition coefficient (Wildman–Crippen LogP) is 3.46. The van der Waals surface area contributed by atoms with Gasteiger partial charge in [-0.3, -0.25) is 4.90 Å². The molecule has 2 aliphatic rings. The van der Waals surface area contributed by atoms with E-state index in [4.69, 9.17) is 11.6 Å². The first-order valence-corrected chi connectivity index (χ1v) is 11.0. The molecule has 1 atom stereocenters. The normalized spacial score (nSPS) is 21.9. The number of rotatable bonds is 7. The second kappa shape index (κ2) is 9.77. The van der Waals surface area contributed by atoms with Crippen molar-refractivity contribution in [3.63, 3.8) is 0 Å². The molecule has 2 fully saturated rings. The molecule has 0 N–H and O–H groups in total. The molecule has 0 bridgehead atoms. The van der Waals surface area contributed by atoms with Crippen LogP contribution >= 0.6 is 11.6 Å². The Bertz CT molecular complexity index is 711. The number of likely N-dealkylation sites (tertiary alicyclic amines) is 1. The zero-order valence-electron chi connectivity index (χ0n) is 16.7.